The van der Waals surface area contributed by atoms with Crippen LogP contribution in [0.4, 0.5) is 5.69 Å². The summed E-state index contributed by atoms with van der Waals surface area (Å²) >= 11 is 12.5. The van der Waals surface area contributed by atoms with E-state index in [1.807, 2.05) is 19.1 Å². The first-order valence-electron chi connectivity index (χ1n) is 6.95. The standard InChI is InChI=1S/C17H17Cl2N/c1-11-9-15(19)17(10-14(11)18)20-16-8-4-6-12-5-2-3-7-13(12)16/h2-3,5,7,9-10,16,20H,4,6,8H2,1H3. The monoisotopic (exact) mass is 305 g/mol. The molecule has 1 nitrogen and oxygen atoms in total. The van der Waals surface area contributed by atoms with E-state index in [1.165, 1.54) is 17.5 Å². The predicted molar refractivity (Wildman–Crippen MR) is 86.9 cm³/mol. The zero-order chi connectivity index (χ0) is 14.1. The van der Waals surface area contributed by atoms with Gasteiger partial charge in [0.2, 0.25) is 0 Å². The van der Waals surface area contributed by atoms with E-state index in [0.29, 0.717) is 6.04 Å². The van der Waals surface area contributed by atoms with Crippen molar-refractivity contribution in [1.29, 1.82) is 0 Å². The zero-order valence-corrected chi connectivity index (χ0v) is 12.9. The average molecular weight is 306 g/mol. The Labute approximate surface area is 129 Å². The van der Waals surface area contributed by atoms with E-state index >= 15 is 0 Å². The highest BCUT2D eigenvalue weighted by Crippen LogP contribution is 2.36. The van der Waals surface area contributed by atoms with Crippen molar-refractivity contribution < 1.29 is 0 Å². The minimum atomic E-state index is 0.316. The number of anilines is 1. The van der Waals surface area contributed by atoms with Gasteiger partial charge in [0.05, 0.1) is 16.8 Å². The van der Waals surface area contributed by atoms with Gasteiger partial charge in [0, 0.05) is 5.02 Å². The molecule has 3 heteroatoms. The van der Waals surface area contributed by atoms with Gasteiger partial charge in [-0.2, -0.15) is 0 Å². The Hall–Kier alpha value is -1.18. The molecule has 1 atom stereocenters. The molecule has 1 unspecified atom stereocenters. The second kappa shape index (κ2) is 5.67. The molecule has 3 rings (SSSR count). The first-order chi connectivity index (χ1) is 9.65. The van der Waals surface area contributed by atoms with Crippen LogP contribution in [0.3, 0.4) is 0 Å². The number of aryl methyl sites for hydroxylation is 2. The number of hydrogen-bond donors (Lipinski definition) is 1. The summed E-state index contributed by atoms with van der Waals surface area (Å²) in [4.78, 5) is 0. The van der Waals surface area contributed by atoms with Gasteiger partial charge in [-0.25, -0.2) is 0 Å². The molecule has 0 saturated heterocycles. The van der Waals surface area contributed by atoms with Gasteiger partial charge in [-0.05, 0) is 55.0 Å². The van der Waals surface area contributed by atoms with Crippen LogP contribution in [0.5, 0.6) is 0 Å². The molecule has 0 heterocycles. The van der Waals surface area contributed by atoms with Crippen molar-refractivity contribution in [1.82, 2.24) is 0 Å². The Kier molecular flexibility index (Phi) is 3.91. The third-order valence-corrected chi connectivity index (χ3v) is 4.67. The molecule has 2 aromatic carbocycles. The lowest BCUT2D eigenvalue weighted by Gasteiger charge is -2.27. The summed E-state index contributed by atoms with van der Waals surface area (Å²) in [6, 6.07) is 12.8. The lowest BCUT2D eigenvalue weighted by atomic mass is 9.87. The molecule has 1 aliphatic carbocycles. The maximum absolute atomic E-state index is 6.33. The first kappa shape index (κ1) is 13.8. The average Bonchev–Trinajstić information content (AvgIpc) is 2.45. The predicted octanol–water partition coefficient (Wildman–Crippen LogP) is 5.79. The molecule has 0 aromatic heterocycles. The Balaban J connectivity index is 1.91. The fourth-order valence-electron chi connectivity index (χ4n) is 2.85. The normalized spacial score (nSPS) is 17.6. The van der Waals surface area contributed by atoms with E-state index in [0.717, 1.165) is 34.1 Å². The van der Waals surface area contributed by atoms with Crippen molar-refractivity contribution in [3.05, 3.63) is 63.1 Å². The smallest absolute Gasteiger partial charge is 0.0641 e. The minimum Gasteiger partial charge on any atom is -0.377 e. The van der Waals surface area contributed by atoms with Crippen LogP contribution in [0.1, 0.15) is 35.6 Å². The van der Waals surface area contributed by atoms with E-state index < -0.39 is 0 Å². The molecular weight excluding hydrogens is 289 g/mol. The van der Waals surface area contributed by atoms with Gasteiger partial charge in [-0.1, -0.05) is 47.5 Å². The number of fused-ring (bicyclic) bond motifs is 1. The molecule has 0 bridgehead atoms. The molecule has 0 saturated carbocycles. The Morgan fingerprint density at radius 3 is 2.75 bits per heavy atom. The van der Waals surface area contributed by atoms with Crippen LogP contribution in [0.15, 0.2) is 36.4 Å². The van der Waals surface area contributed by atoms with Gasteiger partial charge < -0.3 is 5.32 Å². The third kappa shape index (κ3) is 2.65. The van der Waals surface area contributed by atoms with Gasteiger partial charge in [0.1, 0.15) is 0 Å². The van der Waals surface area contributed by atoms with E-state index in [9.17, 15) is 0 Å². The number of halogens is 2. The number of nitrogens with one attached hydrogen (secondary N) is 1. The Bertz CT molecular complexity index is 637. The molecule has 1 aliphatic rings. The molecule has 0 aliphatic heterocycles. The second-order valence-electron chi connectivity index (χ2n) is 5.37. The van der Waals surface area contributed by atoms with Crippen molar-refractivity contribution in [2.45, 2.75) is 32.2 Å². The van der Waals surface area contributed by atoms with Crippen molar-refractivity contribution in [3.63, 3.8) is 0 Å². The molecule has 0 radical (unpaired) electrons. The highest BCUT2D eigenvalue weighted by atomic mass is 35.5. The Morgan fingerprint density at radius 2 is 1.90 bits per heavy atom. The SMILES string of the molecule is Cc1cc(Cl)c(NC2CCCc3ccccc32)cc1Cl. The fraction of sp³-hybridized carbons (Fsp3) is 0.294. The Morgan fingerprint density at radius 1 is 1.10 bits per heavy atom. The summed E-state index contributed by atoms with van der Waals surface area (Å²) in [7, 11) is 0. The summed E-state index contributed by atoms with van der Waals surface area (Å²) in [6.45, 7) is 1.97. The van der Waals surface area contributed by atoms with Crippen LogP contribution >= 0.6 is 23.2 Å². The fourth-order valence-corrected chi connectivity index (χ4v) is 3.28. The maximum atomic E-state index is 6.33. The van der Waals surface area contributed by atoms with Crippen LogP contribution in [0.25, 0.3) is 0 Å². The topological polar surface area (TPSA) is 12.0 Å². The minimum absolute atomic E-state index is 0.316. The molecule has 2 aromatic rings. The van der Waals surface area contributed by atoms with Crippen molar-refractivity contribution in [2.24, 2.45) is 0 Å². The van der Waals surface area contributed by atoms with E-state index in [4.69, 9.17) is 23.2 Å². The number of hydrogen-bond acceptors (Lipinski definition) is 1. The molecule has 104 valence electrons. The summed E-state index contributed by atoms with van der Waals surface area (Å²) in [5.74, 6) is 0. The highest BCUT2D eigenvalue weighted by molar-refractivity contribution is 6.35. The van der Waals surface area contributed by atoms with Crippen LogP contribution in [-0.4, -0.2) is 0 Å². The van der Waals surface area contributed by atoms with Gasteiger partial charge in [-0.15, -0.1) is 0 Å². The zero-order valence-electron chi connectivity index (χ0n) is 11.4. The van der Waals surface area contributed by atoms with Gasteiger partial charge in [-0.3, -0.25) is 0 Å². The quantitative estimate of drug-likeness (QED) is 0.740. The van der Waals surface area contributed by atoms with Gasteiger partial charge >= 0.3 is 0 Å². The third-order valence-electron chi connectivity index (χ3n) is 3.95. The van der Waals surface area contributed by atoms with Crippen molar-refractivity contribution >= 4 is 28.9 Å². The first-order valence-corrected chi connectivity index (χ1v) is 7.71. The number of benzene rings is 2. The van der Waals surface area contributed by atoms with Crippen molar-refractivity contribution in [3.8, 4) is 0 Å². The van der Waals surface area contributed by atoms with E-state index in [-0.39, 0.29) is 0 Å². The molecule has 0 spiro atoms. The van der Waals surface area contributed by atoms with Gasteiger partial charge in [0.25, 0.3) is 0 Å². The summed E-state index contributed by atoms with van der Waals surface area (Å²) in [6.07, 6.45) is 3.49. The lowest BCUT2D eigenvalue weighted by molar-refractivity contribution is 0.600. The van der Waals surface area contributed by atoms with Crippen LogP contribution in [-0.2, 0) is 6.42 Å². The maximum Gasteiger partial charge on any atom is 0.0641 e. The summed E-state index contributed by atoms with van der Waals surface area (Å²) in [5, 5.41) is 5.04. The van der Waals surface area contributed by atoms with Crippen molar-refractivity contribution in [2.75, 3.05) is 5.32 Å². The molecule has 0 amide bonds. The molecule has 20 heavy (non-hydrogen) atoms. The molecular formula is C17H17Cl2N. The largest absolute Gasteiger partial charge is 0.377 e. The molecule has 0 fully saturated rings. The summed E-state index contributed by atoms with van der Waals surface area (Å²) < 4.78 is 0. The van der Waals surface area contributed by atoms with Crippen LogP contribution < -0.4 is 5.32 Å². The van der Waals surface area contributed by atoms with Crippen LogP contribution in [0.2, 0.25) is 10.0 Å². The van der Waals surface area contributed by atoms with Crippen LogP contribution in [0, 0.1) is 6.92 Å². The lowest BCUT2D eigenvalue weighted by Crippen LogP contribution is -2.17. The summed E-state index contributed by atoms with van der Waals surface area (Å²) in [5.41, 5.74) is 4.74. The highest BCUT2D eigenvalue weighted by Gasteiger charge is 2.20. The van der Waals surface area contributed by atoms with E-state index in [1.54, 1.807) is 0 Å². The van der Waals surface area contributed by atoms with Gasteiger partial charge in [0.15, 0.2) is 0 Å². The second-order valence-corrected chi connectivity index (χ2v) is 6.18. The van der Waals surface area contributed by atoms with E-state index in [2.05, 4.69) is 29.6 Å². The molecule has 1 N–H and O–H groups in total. The number of rotatable bonds is 2.